The molecule has 1 aliphatic heterocycles. The maximum atomic E-state index is 11.1. The zero-order valence-electron chi connectivity index (χ0n) is 13.1. The van der Waals surface area contributed by atoms with Crippen LogP contribution < -0.4 is 10.8 Å². The van der Waals surface area contributed by atoms with Gasteiger partial charge in [0.1, 0.15) is 0 Å². The lowest BCUT2D eigenvalue weighted by Crippen LogP contribution is -2.43. The van der Waals surface area contributed by atoms with Crippen LogP contribution in [0.3, 0.4) is 0 Å². The minimum atomic E-state index is -0.0242. The Bertz CT molecular complexity index is 521. The summed E-state index contributed by atoms with van der Waals surface area (Å²) in [5.74, 6) is 0.523. The fourth-order valence-corrected chi connectivity index (χ4v) is 2.95. The fraction of sp³-hybridized carbons (Fsp3) is 0.500. The second-order valence-corrected chi connectivity index (χ2v) is 5.81. The summed E-state index contributed by atoms with van der Waals surface area (Å²) >= 11 is 0. The third kappa shape index (κ3) is 3.98. The molecule has 1 atom stereocenters. The van der Waals surface area contributed by atoms with Gasteiger partial charge in [0.05, 0.1) is 6.04 Å². The van der Waals surface area contributed by atoms with E-state index in [4.69, 9.17) is 10.6 Å². The third-order valence-electron chi connectivity index (χ3n) is 4.24. The summed E-state index contributed by atoms with van der Waals surface area (Å²) in [6, 6.07) is 8.41. The molecule has 1 aliphatic rings. The highest BCUT2D eigenvalue weighted by atomic mass is 16.5. The number of benzene rings is 1. The van der Waals surface area contributed by atoms with Gasteiger partial charge in [-0.3, -0.25) is 15.4 Å². The first-order valence-corrected chi connectivity index (χ1v) is 7.62. The van der Waals surface area contributed by atoms with Crippen LogP contribution in [0.2, 0.25) is 0 Å². The Morgan fingerprint density at radius 3 is 2.41 bits per heavy atom. The first kappa shape index (κ1) is 16.3. The molecule has 0 bridgehead atoms. The second-order valence-electron chi connectivity index (χ2n) is 5.81. The van der Waals surface area contributed by atoms with E-state index in [-0.39, 0.29) is 17.9 Å². The number of amides is 1. The van der Waals surface area contributed by atoms with Crippen LogP contribution in [0.1, 0.15) is 49.8 Å². The van der Waals surface area contributed by atoms with Crippen LogP contribution in [-0.4, -0.2) is 35.1 Å². The molecule has 0 aliphatic carbocycles. The highest BCUT2D eigenvalue weighted by molar-refractivity contribution is 5.75. The van der Waals surface area contributed by atoms with Gasteiger partial charge in [0.15, 0.2) is 0 Å². The SMILES string of the molecule is CC(=O)NC(C)c1ccc(C2CCN(C(=N)NO)CC2)cc1. The molecule has 0 spiro atoms. The quantitative estimate of drug-likeness (QED) is 0.390. The molecule has 0 radical (unpaired) electrons. The van der Waals surface area contributed by atoms with Gasteiger partial charge in [-0.25, -0.2) is 5.48 Å². The average molecular weight is 304 g/mol. The van der Waals surface area contributed by atoms with Crippen LogP contribution in [0.4, 0.5) is 0 Å². The molecule has 1 unspecified atom stereocenters. The largest absolute Gasteiger partial charge is 0.350 e. The first-order valence-electron chi connectivity index (χ1n) is 7.62. The maximum absolute atomic E-state index is 11.1. The minimum absolute atomic E-state index is 0.0181. The van der Waals surface area contributed by atoms with Gasteiger partial charge in [-0.1, -0.05) is 24.3 Å². The molecule has 1 aromatic carbocycles. The van der Waals surface area contributed by atoms with Crippen molar-refractivity contribution in [1.29, 1.82) is 5.41 Å². The third-order valence-corrected chi connectivity index (χ3v) is 4.24. The van der Waals surface area contributed by atoms with Crippen LogP contribution in [0.15, 0.2) is 24.3 Å². The van der Waals surface area contributed by atoms with Gasteiger partial charge in [0.2, 0.25) is 11.9 Å². The molecule has 2 rings (SSSR count). The molecule has 1 saturated heterocycles. The number of likely N-dealkylation sites (tertiary alicyclic amines) is 1. The fourth-order valence-electron chi connectivity index (χ4n) is 2.95. The number of hydrogen-bond donors (Lipinski definition) is 4. The van der Waals surface area contributed by atoms with Crippen molar-refractivity contribution < 1.29 is 10.0 Å². The molecular weight excluding hydrogens is 280 g/mol. The van der Waals surface area contributed by atoms with E-state index < -0.39 is 0 Å². The lowest BCUT2D eigenvalue weighted by atomic mass is 9.88. The molecule has 4 N–H and O–H groups in total. The molecule has 0 aromatic heterocycles. The van der Waals surface area contributed by atoms with E-state index in [0.29, 0.717) is 5.92 Å². The lowest BCUT2D eigenvalue weighted by molar-refractivity contribution is -0.119. The van der Waals surface area contributed by atoms with Crippen molar-refractivity contribution in [1.82, 2.24) is 15.7 Å². The van der Waals surface area contributed by atoms with Gasteiger partial charge in [0.25, 0.3) is 0 Å². The number of hydroxylamine groups is 1. The van der Waals surface area contributed by atoms with Gasteiger partial charge in [0, 0.05) is 20.0 Å². The summed E-state index contributed by atoms with van der Waals surface area (Å²) in [4.78, 5) is 12.9. The summed E-state index contributed by atoms with van der Waals surface area (Å²) in [5, 5.41) is 19.2. The summed E-state index contributed by atoms with van der Waals surface area (Å²) < 4.78 is 0. The van der Waals surface area contributed by atoms with Gasteiger partial charge in [-0.05, 0) is 36.8 Å². The van der Waals surface area contributed by atoms with Gasteiger partial charge >= 0.3 is 0 Å². The predicted molar refractivity (Wildman–Crippen MR) is 84.9 cm³/mol. The standard InChI is InChI=1S/C16H24N4O2/c1-11(18-12(2)21)13-3-5-14(6-4-13)15-7-9-20(10-8-15)16(17)19-22/h3-6,11,15,22H,7-10H2,1-2H3,(H2,17,19)(H,18,21). The number of nitrogens with one attached hydrogen (secondary N) is 3. The van der Waals surface area contributed by atoms with E-state index >= 15 is 0 Å². The Labute approximate surface area is 131 Å². The van der Waals surface area contributed by atoms with Crippen molar-refractivity contribution in [2.75, 3.05) is 13.1 Å². The Hall–Kier alpha value is -2.08. The van der Waals surface area contributed by atoms with Crippen LogP contribution in [0, 0.1) is 5.41 Å². The zero-order chi connectivity index (χ0) is 16.1. The number of nitrogens with zero attached hydrogens (tertiary/aromatic N) is 1. The highest BCUT2D eigenvalue weighted by Crippen LogP contribution is 2.28. The molecule has 1 aromatic rings. The average Bonchev–Trinajstić information content (AvgIpc) is 2.54. The summed E-state index contributed by atoms with van der Waals surface area (Å²) in [6.45, 7) is 5.03. The highest BCUT2D eigenvalue weighted by Gasteiger charge is 2.22. The van der Waals surface area contributed by atoms with E-state index in [1.165, 1.54) is 12.5 Å². The van der Waals surface area contributed by atoms with Crippen LogP contribution in [-0.2, 0) is 4.79 Å². The summed E-state index contributed by atoms with van der Waals surface area (Å²) in [5.41, 5.74) is 4.29. The number of guanidine groups is 1. The molecule has 120 valence electrons. The van der Waals surface area contributed by atoms with Crippen molar-refractivity contribution in [3.8, 4) is 0 Å². The number of carbonyl (C=O) groups is 1. The van der Waals surface area contributed by atoms with E-state index in [0.717, 1.165) is 31.5 Å². The van der Waals surface area contributed by atoms with E-state index in [9.17, 15) is 4.79 Å². The molecule has 1 fully saturated rings. The van der Waals surface area contributed by atoms with E-state index in [1.807, 2.05) is 17.3 Å². The number of carbonyl (C=O) groups excluding carboxylic acids is 1. The molecule has 6 nitrogen and oxygen atoms in total. The Morgan fingerprint density at radius 2 is 1.91 bits per heavy atom. The molecule has 6 heteroatoms. The molecule has 1 amide bonds. The first-order chi connectivity index (χ1) is 10.5. The van der Waals surface area contributed by atoms with E-state index in [1.54, 1.807) is 0 Å². The summed E-state index contributed by atoms with van der Waals surface area (Å²) in [6.07, 6.45) is 1.93. The Balaban J connectivity index is 1.94. The Morgan fingerprint density at radius 1 is 1.32 bits per heavy atom. The predicted octanol–water partition coefficient (Wildman–Crippen LogP) is 1.98. The normalized spacial score (nSPS) is 17.0. The van der Waals surface area contributed by atoms with Crippen LogP contribution in [0.5, 0.6) is 0 Å². The maximum Gasteiger partial charge on any atom is 0.217 e. The molecule has 1 heterocycles. The van der Waals surface area contributed by atoms with Crippen molar-refractivity contribution in [3.05, 3.63) is 35.4 Å². The van der Waals surface area contributed by atoms with Crippen molar-refractivity contribution in [2.45, 2.75) is 38.6 Å². The van der Waals surface area contributed by atoms with Crippen LogP contribution >= 0.6 is 0 Å². The summed E-state index contributed by atoms with van der Waals surface area (Å²) in [7, 11) is 0. The topological polar surface area (TPSA) is 88.5 Å². The monoisotopic (exact) mass is 304 g/mol. The van der Waals surface area contributed by atoms with Gasteiger partial charge < -0.3 is 10.2 Å². The molecular formula is C16H24N4O2. The van der Waals surface area contributed by atoms with Crippen molar-refractivity contribution in [2.24, 2.45) is 0 Å². The smallest absolute Gasteiger partial charge is 0.217 e. The minimum Gasteiger partial charge on any atom is -0.350 e. The van der Waals surface area contributed by atoms with Crippen molar-refractivity contribution in [3.63, 3.8) is 0 Å². The van der Waals surface area contributed by atoms with Crippen molar-refractivity contribution >= 4 is 11.9 Å². The molecule has 0 saturated carbocycles. The number of hydrogen-bond acceptors (Lipinski definition) is 3. The van der Waals surface area contributed by atoms with Gasteiger partial charge in [-0.2, -0.15) is 0 Å². The second kappa shape index (κ2) is 7.26. The number of rotatable bonds is 3. The van der Waals surface area contributed by atoms with Gasteiger partial charge in [-0.15, -0.1) is 0 Å². The lowest BCUT2D eigenvalue weighted by Gasteiger charge is -2.33. The zero-order valence-corrected chi connectivity index (χ0v) is 13.1. The molecule has 22 heavy (non-hydrogen) atoms. The number of piperidine rings is 1. The van der Waals surface area contributed by atoms with Crippen LogP contribution in [0.25, 0.3) is 0 Å². The van der Waals surface area contributed by atoms with E-state index in [2.05, 4.69) is 29.6 Å². The Kier molecular flexibility index (Phi) is 5.38.